The molecule has 1 aromatic heterocycles. The zero-order valence-corrected chi connectivity index (χ0v) is 14.1. The molecular formula is C19H15ClFN3O. The van der Waals surface area contributed by atoms with E-state index in [1.165, 1.54) is 18.3 Å². The van der Waals surface area contributed by atoms with Crippen molar-refractivity contribution >= 4 is 34.7 Å². The minimum atomic E-state index is -0.483. The van der Waals surface area contributed by atoms with Gasteiger partial charge in [0.25, 0.3) is 5.91 Å². The highest BCUT2D eigenvalue weighted by atomic mass is 35.5. The van der Waals surface area contributed by atoms with Crippen molar-refractivity contribution < 1.29 is 9.18 Å². The number of rotatable bonds is 4. The summed E-state index contributed by atoms with van der Waals surface area (Å²) in [6.45, 7) is 1.93. The number of carbonyl (C=O) groups is 1. The molecule has 0 atom stereocenters. The Balaban J connectivity index is 1.70. The molecule has 0 unspecified atom stereocenters. The number of carbonyl (C=O) groups excluding carboxylic acids is 1. The van der Waals surface area contributed by atoms with Crippen molar-refractivity contribution in [3.8, 4) is 0 Å². The predicted molar refractivity (Wildman–Crippen MR) is 98.1 cm³/mol. The van der Waals surface area contributed by atoms with Crippen LogP contribution < -0.4 is 10.6 Å². The third-order valence-electron chi connectivity index (χ3n) is 3.61. The van der Waals surface area contributed by atoms with Gasteiger partial charge in [0.1, 0.15) is 11.6 Å². The van der Waals surface area contributed by atoms with E-state index in [9.17, 15) is 9.18 Å². The SMILES string of the molecule is Cc1ccccc1NC(=O)c1ccc(Nc2ccc(F)c(Cl)c2)nc1. The van der Waals surface area contributed by atoms with Gasteiger partial charge in [-0.15, -0.1) is 0 Å². The van der Waals surface area contributed by atoms with Crippen LogP contribution in [0.3, 0.4) is 0 Å². The second-order valence-electron chi connectivity index (χ2n) is 5.46. The van der Waals surface area contributed by atoms with Crippen molar-refractivity contribution in [3.05, 3.63) is 82.8 Å². The highest BCUT2D eigenvalue weighted by Crippen LogP contribution is 2.22. The van der Waals surface area contributed by atoms with E-state index in [0.717, 1.165) is 11.3 Å². The molecule has 25 heavy (non-hydrogen) atoms. The second-order valence-corrected chi connectivity index (χ2v) is 5.86. The van der Waals surface area contributed by atoms with Crippen LogP contribution in [0, 0.1) is 12.7 Å². The van der Waals surface area contributed by atoms with Crippen LogP contribution in [0.5, 0.6) is 0 Å². The molecule has 1 amide bonds. The summed E-state index contributed by atoms with van der Waals surface area (Å²) in [4.78, 5) is 16.5. The molecule has 3 rings (SSSR count). The lowest BCUT2D eigenvalue weighted by Crippen LogP contribution is -2.13. The minimum Gasteiger partial charge on any atom is -0.340 e. The maximum Gasteiger partial charge on any atom is 0.257 e. The molecule has 3 aromatic rings. The molecule has 0 aliphatic carbocycles. The number of hydrogen-bond acceptors (Lipinski definition) is 3. The molecule has 0 aliphatic rings. The molecule has 126 valence electrons. The van der Waals surface area contributed by atoms with E-state index in [2.05, 4.69) is 15.6 Å². The Hall–Kier alpha value is -2.92. The summed E-state index contributed by atoms with van der Waals surface area (Å²) in [5, 5.41) is 5.88. The Bertz CT molecular complexity index is 913. The van der Waals surface area contributed by atoms with E-state index in [-0.39, 0.29) is 10.9 Å². The molecule has 2 aromatic carbocycles. The Morgan fingerprint density at radius 1 is 1.12 bits per heavy atom. The first-order valence-electron chi connectivity index (χ1n) is 7.58. The lowest BCUT2D eigenvalue weighted by molar-refractivity contribution is 0.102. The fraction of sp³-hybridized carbons (Fsp3) is 0.0526. The number of benzene rings is 2. The van der Waals surface area contributed by atoms with Crippen molar-refractivity contribution in [2.45, 2.75) is 6.92 Å². The largest absolute Gasteiger partial charge is 0.340 e. The van der Waals surface area contributed by atoms with E-state index in [4.69, 9.17) is 11.6 Å². The van der Waals surface area contributed by atoms with E-state index < -0.39 is 5.82 Å². The highest BCUT2D eigenvalue weighted by Gasteiger charge is 2.08. The molecule has 1 heterocycles. The average Bonchev–Trinajstić information content (AvgIpc) is 2.61. The summed E-state index contributed by atoms with van der Waals surface area (Å²) in [5.41, 5.74) is 2.79. The van der Waals surface area contributed by atoms with Gasteiger partial charge < -0.3 is 10.6 Å². The number of aromatic nitrogens is 1. The van der Waals surface area contributed by atoms with Gasteiger partial charge in [-0.2, -0.15) is 0 Å². The summed E-state index contributed by atoms with van der Waals surface area (Å²) in [7, 11) is 0. The van der Waals surface area contributed by atoms with Gasteiger partial charge in [0, 0.05) is 17.6 Å². The van der Waals surface area contributed by atoms with Crippen LogP contribution in [0.2, 0.25) is 5.02 Å². The smallest absolute Gasteiger partial charge is 0.257 e. The summed E-state index contributed by atoms with van der Waals surface area (Å²) in [6.07, 6.45) is 1.47. The molecule has 6 heteroatoms. The Morgan fingerprint density at radius 2 is 1.92 bits per heavy atom. The van der Waals surface area contributed by atoms with Crippen molar-refractivity contribution in [2.24, 2.45) is 0 Å². The minimum absolute atomic E-state index is 0.0271. The third-order valence-corrected chi connectivity index (χ3v) is 3.90. The lowest BCUT2D eigenvalue weighted by atomic mass is 10.2. The molecule has 4 nitrogen and oxygen atoms in total. The quantitative estimate of drug-likeness (QED) is 0.678. The Morgan fingerprint density at radius 3 is 2.60 bits per heavy atom. The monoisotopic (exact) mass is 355 g/mol. The van der Waals surface area contributed by atoms with Gasteiger partial charge in [-0.1, -0.05) is 29.8 Å². The van der Waals surface area contributed by atoms with Crippen molar-refractivity contribution in [3.63, 3.8) is 0 Å². The second kappa shape index (κ2) is 7.32. The number of anilines is 3. The van der Waals surface area contributed by atoms with Gasteiger partial charge in [-0.3, -0.25) is 4.79 Å². The third kappa shape index (κ3) is 4.14. The first-order valence-corrected chi connectivity index (χ1v) is 7.96. The lowest BCUT2D eigenvalue weighted by Gasteiger charge is -2.09. The van der Waals surface area contributed by atoms with Crippen molar-refractivity contribution in [1.29, 1.82) is 0 Å². The molecule has 0 aliphatic heterocycles. The maximum atomic E-state index is 13.2. The summed E-state index contributed by atoms with van der Waals surface area (Å²) < 4.78 is 13.2. The molecule has 0 bridgehead atoms. The van der Waals surface area contributed by atoms with Gasteiger partial charge in [0.2, 0.25) is 0 Å². The van der Waals surface area contributed by atoms with E-state index in [0.29, 0.717) is 17.1 Å². The first-order chi connectivity index (χ1) is 12.0. The van der Waals surface area contributed by atoms with Crippen LogP contribution in [0.25, 0.3) is 0 Å². The zero-order valence-electron chi connectivity index (χ0n) is 13.4. The van der Waals surface area contributed by atoms with Crippen LogP contribution in [-0.2, 0) is 0 Å². The summed E-state index contributed by atoms with van der Waals surface area (Å²) >= 11 is 5.75. The average molecular weight is 356 g/mol. The number of pyridine rings is 1. The van der Waals surface area contributed by atoms with Gasteiger partial charge in [0.15, 0.2) is 0 Å². The molecule has 0 fully saturated rings. The first kappa shape index (κ1) is 16.9. The highest BCUT2D eigenvalue weighted by molar-refractivity contribution is 6.31. The molecule has 0 saturated carbocycles. The van der Waals surface area contributed by atoms with E-state index in [1.807, 2.05) is 31.2 Å². The molecule has 0 saturated heterocycles. The number of para-hydroxylation sites is 1. The fourth-order valence-corrected chi connectivity index (χ4v) is 2.41. The van der Waals surface area contributed by atoms with Gasteiger partial charge in [0.05, 0.1) is 10.6 Å². The van der Waals surface area contributed by atoms with Crippen LogP contribution in [0.15, 0.2) is 60.8 Å². The van der Waals surface area contributed by atoms with Crippen LogP contribution >= 0.6 is 11.6 Å². The normalized spacial score (nSPS) is 10.4. The topological polar surface area (TPSA) is 54.0 Å². The van der Waals surface area contributed by atoms with Crippen LogP contribution in [0.1, 0.15) is 15.9 Å². The fourth-order valence-electron chi connectivity index (χ4n) is 2.23. The molecule has 2 N–H and O–H groups in total. The van der Waals surface area contributed by atoms with E-state index >= 15 is 0 Å². The summed E-state index contributed by atoms with van der Waals surface area (Å²) in [5.74, 6) is -0.198. The van der Waals surface area contributed by atoms with E-state index in [1.54, 1.807) is 18.2 Å². The molecule has 0 radical (unpaired) electrons. The number of aryl methyl sites for hydroxylation is 1. The number of nitrogens with zero attached hydrogens (tertiary/aromatic N) is 1. The van der Waals surface area contributed by atoms with Crippen LogP contribution in [0.4, 0.5) is 21.6 Å². The predicted octanol–water partition coefficient (Wildman–Crippen LogP) is 5.18. The molecular weight excluding hydrogens is 341 g/mol. The summed E-state index contributed by atoms with van der Waals surface area (Å²) in [6, 6.07) is 15.2. The Labute approximate surface area is 149 Å². The van der Waals surface area contributed by atoms with Crippen molar-refractivity contribution in [2.75, 3.05) is 10.6 Å². The van der Waals surface area contributed by atoms with Gasteiger partial charge in [-0.05, 0) is 48.9 Å². The zero-order chi connectivity index (χ0) is 17.8. The molecule has 0 spiro atoms. The standard InChI is InChI=1S/C19H15ClFN3O/c1-12-4-2-3-5-17(12)24-19(25)13-6-9-18(22-11-13)23-14-7-8-16(21)15(20)10-14/h2-11H,1H3,(H,22,23)(H,24,25). The number of halogens is 2. The number of nitrogens with one attached hydrogen (secondary N) is 2. The Kier molecular flexibility index (Phi) is 4.95. The number of amides is 1. The van der Waals surface area contributed by atoms with Gasteiger partial charge in [-0.25, -0.2) is 9.37 Å². The van der Waals surface area contributed by atoms with Gasteiger partial charge >= 0.3 is 0 Å². The van der Waals surface area contributed by atoms with Crippen molar-refractivity contribution in [1.82, 2.24) is 4.98 Å². The van der Waals surface area contributed by atoms with Crippen LogP contribution in [-0.4, -0.2) is 10.9 Å². The number of hydrogen-bond donors (Lipinski definition) is 2. The maximum absolute atomic E-state index is 13.2.